The zero-order valence-corrected chi connectivity index (χ0v) is 11.8. The predicted molar refractivity (Wildman–Crippen MR) is 77.2 cm³/mol. The summed E-state index contributed by atoms with van der Waals surface area (Å²) in [6.07, 6.45) is 0.873. The van der Waals surface area contributed by atoms with Crippen LogP contribution < -0.4 is 5.73 Å². The number of nitrogens with zero attached hydrogens (tertiary/aromatic N) is 3. The number of amides is 1. The Labute approximate surface area is 118 Å². The first kappa shape index (κ1) is 12.7. The average Bonchev–Trinajstić information content (AvgIpc) is 2.72. The van der Waals surface area contributed by atoms with E-state index < -0.39 is 0 Å². The molecule has 2 N–H and O–H groups in total. The Morgan fingerprint density at radius 3 is 2.85 bits per heavy atom. The van der Waals surface area contributed by atoms with E-state index in [1.807, 2.05) is 41.8 Å². The number of carbonyl (C=O) groups excluding carboxylic acids is 1. The van der Waals surface area contributed by atoms with Crippen molar-refractivity contribution in [3.8, 4) is 0 Å². The van der Waals surface area contributed by atoms with Crippen molar-refractivity contribution in [2.45, 2.75) is 19.9 Å². The molecule has 2 heterocycles. The van der Waals surface area contributed by atoms with E-state index in [4.69, 9.17) is 5.73 Å². The molecule has 104 valence electrons. The van der Waals surface area contributed by atoms with E-state index in [-0.39, 0.29) is 5.91 Å². The van der Waals surface area contributed by atoms with Crippen molar-refractivity contribution in [3.05, 3.63) is 46.8 Å². The van der Waals surface area contributed by atoms with Gasteiger partial charge in [-0.15, -0.1) is 0 Å². The van der Waals surface area contributed by atoms with E-state index in [0.29, 0.717) is 12.2 Å². The summed E-state index contributed by atoms with van der Waals surface area (Å²) < 4.78 is 1.83. The van der Waals surface area contributed by atoms with Crippen LogP contribution in [-0.4, -0.2) is 27.1 Å². The maximum absolute atomic E-state index is 12.5. The Balaban J connectivity index is 1.87. The summed E-state index contributed by atoms with van der Waals surface area (Å²) in [5, 5.41) is 4.32. The summed E-state index contributed by atoms with van der Waals surface area (Å²) >= 11 is 0. The number of anilines is 1. The number of aryl methyl sites for hydroxylation is 2. The summed E-state index contributed by atoms with van der Waals surface area (Å²) in [6.45, 7) is 3.28. The molecule has 3 rings (SSSR count). The Hall–Kier alpha value is -2.30. The van der Waals surface area contributed by atoms with Gasteiger partial charge in [-0.25, -0.2) is 0 Å². The molecule has 0 spiro atoms. The zero-order chi connectivity index (χ0) is 14.3. The topological polar surface area (TPSA) is 64.2 Å². The lowest BCUT2D eigenvalue weighted by molar-refractivity contribution is 0.0723. The highest BCUT2D eigenvalue weighted by Crippen LogP contribution is 2.22. The average molecular weight is 270 g/mol. The maximum atomic E-state index is 12.5. The SMILES string of the molecule is Cc1cc(CN2CCc3ccc(N)cc3C2=O)n(C)n1. The molecule has 0 saturated heterocycles. The first-order chi connectivity index (χ1) is 9.54. The van der Waals surface area contributed by atoms with Crippen molar-refractivity contribution in [1.82, 2.24) is 14.7 Å². The normalized spacial score (nSPS) is 14.5. The van der Waals surface area contributed by atoms with Crippen molar-refractivity contribution in [2.24, 2.45) is 7.05 Å². The van der Waals surface area contributed by atoms with Gasteiger partial charge in [0.2, 0.25) is 0 Å². The lowest BCUT2D eigenvalue weighted by Gasteiger charge is -2.28. The Morgan fingerprint density at radius 2 is 2.15 bits per heavy atom. The number of rotatable bonds is 2. The van der Waals surface area contributed by atoms with Gasteiger partial charge in [-0.2, -0.15) is 5.10 Å². The molecular weight excluding hydrogens is 252 g/mol. The van der Waals surface area contributed by atoms with Gasteiger partial charge in [-0.1, -0.05) is 6.07 Å². The highest BCUT2D eigenvalue weighted by atomic mass is 16.2. The standard InChI is InChI=1S/C15H18N4O/c1-10-7-13(18(2)17-10)9-19-6-5-11-3-4-12(16)8-14(11)15(19)20/h3-4,7-8H,5-6,9,16H2,1-2H3. The minimum atomic E-state index is 0.0532. The van der Waals surface area contributed by atoms with Gasteiger partial charge in [0.05, 0.1) is 17.9 Å². The molecule has 0 atom stereocenters. The van der Waals surface area contributed by atoms with E-state index in [0.717, 1.165) is 35.5 Å². The van der Waals surface area contributed by atoms with Crippen molar-refractivity contribution in [1.29, 1.82) is 0 Å². The highest BCUT2D eigenvalue weighted by Gasteiger charge is 2.25. The van der Waals surface area contributed by atoms with Crippen molar-refractivity contribution in [3.63, 3.8) is 0 Å². The fourth-order valence-electron chi connectivity index (χ4n) is 2.70. The van der Waals surface area contributed by atoms with E-state index in [1.54, 1.807) is 6.07 Å². The van der Waals surface area contributed by atoms with Crippen LogP contribution in [0.2, 0.25) is 0 Å². The van der Waals surface area contributed by atoms with Crippen molar-refractivity contribution >= 4 is 11.6 Å². The minimum absolute atomic E-state index is 0.0532. The lowest BCUT2D eigenvalue weighted by Crippen LogP contribution is -2.37. The molecule has 1 aromatic heterocycles. The number of carbonyl (C=O) groups is 1. The molecule has 1 aliphatic heterocycles. The maximum Gasteiger partial charge on any atom is 0.254 e. The van der Waals surface area contributed by atoms with Gasteiger partial charge in [0.15, 0.2) is 0 Å². The zero-order valence-electron chi connectivity index (χ0n) is 11.8. The van der Waals surface area contributed by atoms with E-state index in [1.165, 1.54) is 0 Å². The van der Waals surface area contributed by atoms with Gasteiger partial charge in [0.25, 0.3) is 5.91 Å². The monoisotopic (exact) mass is 270 g/mol. The molecule has 2 aromatic rings. The Kier molecular flexibility index (Phi) is 2.97. The molecule has 1 amide bonds. The summed E-state index contributed by atoms with van der Waals surface area (Å²) in [5.74, 6) is 0.0532. The van der Waals surface area contributed by atoms with Crippen LogP contribution in [0.5, 0.6) is 0 Å². The lowest BCUT2D eigenvalue weighted by atomic mass is 9.98. The predicted octanol–water partition coefficient (Wildman–Crippen LogP) is 1.51. The summed E-state index contributed by atoms with van der Waals surface area (Å²) in [6, 6.07) is 7.60. The van der Waals surface area contributed by atoms with Crippen LogP contribution in [0.15, 0.2) is 24.3 Å². The van der Waals surface area contributed by atoms with E-state index in [9.17, 15) is 4.79 Å². The number of aromatic nitrogens is 2. The largest absolute Gasteiger partial charge is 0.399 e. The molecule has 0 fully saturated rings. The smallest absolute Gasteiger partial charge is 0.254 e. The molecule has 0 aliphatic carbocycles. The number of benzene rings is 1. The number of nitrogens with two attached hydrogens (primary N) is 1. The highest BCUT2D eigenvalue weighted by molar-refractivity contribution is 5.97. The molecule has 0 bridgehead atoms. The fraction of sp³-hybridized carbons (Fsp3) is 0.333. The molecule has 0 saturated carbocycles. The number of nitrogen functional groups attached to an aromatic ring is 1. The van der Waals surface area contributed by atoms with Crippen LogP contribution in [-0.2, 0) is 20.0 Å². The van der Waals surface area contributed by atoms with Gasteiger partial charge in [-0.05, 0) is 37.1 Å². The van der Waals surface area contributed by atoms with E-state index >= 15 is 0 Å². The molecule has 0 radical (unpaired) electrons. The Bertz CT molecular complexity index is 675. The van der Waals surface area contributed by atoms with Crippen LogP contribution in [0.4, 0.5) is 5.69 Å². The van der Waals surface area contributed by atoms with Crippen LogP contribution in [0.3, 0.4) is 0 Å². The minimum Gasteiger partial charge on any atom is -0.399 e. The Morgan fingerprint density at radius 1 is 1.35 bits per heavy atom. The second kappa shape index (κ2) is 4.67. The van der Waals surface area contributed by atoms with Crippen LogP contribution in [0.25, 0.3) is 0 Å². The molecule has 20 heavy (non-hydrogen) atoms. The molecule has 0 unspecified atom stereocenters. The van der Waals surface area contributed by atoms with Gasteiger partial charge < -0.3 is 10.6 Å². The second-order valence-corrected chi connectivity index (χ2v) is 5.29. The van der Waals surface area contributed by atoms with Crippen molar-refractivity contribution < 1.29 is 4.79 Å². The number of hydrogen-bond acceptors (Lipinski definition) is 3. The van der Waals surface area contributed by atoms with E-state index in [2.05, 4.69) is 5.10 Å². The quantitative estimate of drug-likeness (QED) is 0.841. The van der Waals surface area contributed by atoms with Gasteiger partial charge in [-0.3, -0.25) is 9.48 Å². The molecular formula is C15H18N4O. The third-order valence-electron chi connectivity index (χ3n) is 3.75. The number of hydrogen-bond donors (Lipinski definition) is 1. The number of fused-ring (bicyclic) bond motifs is 1. The third-order valence-corrected chi connectivity index (χ3v) is 3.75. The van der Waals surface area contributed by atoms with Crippen LogP contribution in [0.1, 0.15) is 27.3 Å². The van der Waals surface area contributed by atoms with Crippen molar-refractivity contribution in [2.75, 3.05) is 12.3 Å². The molecule has 5 nitrogen and oxygen atoms in total. The van der Waals surface area contributed by atoms with Gasteiger partial charge >= 0.3 is 0 Å². The first-order valence-electron chi connectivity index (χ1n) is 6.72. The summed E-state index contributed by atoms with van der Waals surface area (Å²) in [5.41, 5.74) is 10.2. The molecule has 5 heteroatoms. The van der Waals surface area contributed by atoms with Crippen LogP contribution in [0, 0.1) is 6.92 Å². The van der Waals surface area contributed by atoms with Gasteiger partial charge in [0, 0.05) is 24.8 Å². The molecule has 1 aromatic carbocycles. The van der Waals surface area contributed by atoms with Crippen LogP contribution >= 0.6 is 0 Å². The summed E-state index contributed by atoms with van der Waals surface area (Å²) in [4.78, 5) is 14.4. The molecule has 1 aliphatic rings. The first-order valence-corrected chi connectivity index (χ1v) is 6.72. The van der Waals surface area contributed by atoms with Gasteiger partial charge in [0.1, 0.15) is 0 Å². The summed E-state index contributed by atoms with van der Waals surface area (Å²) in [7, 11) is 1.91. The third kappa shape index (κ3) is 2.15. The second-order valence-electron chi connectivity index (χ2n) is 5.29. The fourth-order valence-corrected chi connectivity index (χ4v) is 2.70.